The molecule has 2 rings (SSSR count). The number of carbonyl (C=O) groups excluding carboxylic acids is 1. The van der Waals surface area contributed by atoms with Crippen LogP contribution >= 0.6 is 0 Å². The molecule has 1 aromatic heterocycles. The smallest absolute Gasteiger partial charge is 0.220 e. The summed E-state index contributed by atoms with van der Waals surface area (Å²) >= 11 is 0. The largest absolute Gasteiger partial charge is 0.354 e. The first-order valence-corrected chi connectivity index (χ1v) is 6.66. The lowest BCUT2D eigenvalue weighted by Crippen LogP contribution is -2.28. The van der Waals surface area contributed by atoms with E-state index in [1.165, 1.54) is 32.3 Å². The van der Waals surface area contributed by atoms with Crippen molar-refractivity contribution >= 4 is 5.91 Å². The molecule has 0 aromatic carbocycles. The first kappa shape index (κ1) is 13.0. The van der Waals surface area contributed by atoms with E-state index in [-0.39, 0.29) is 5.91 Å². The number of likely N-dealkylation sites (tertiary alicyclic amines) is 1. The fourth-order valence-electron chi connectivity index (χ4n) is 2.22. The molecular formula is C12H21N5O. The summed E-state index contributed by atoms with van der Waals surface area (Å²) in [6, 6.07) is 0. The molecule has 0 saturated carbocycles. The minimum Gasteiger partial charge on any atom is -0.354 e. The molecule has 0 radical (unpaired) electrons. The second-order valence-electron chi connectivity index (χ2n) is 4.66. The summed E-state index contributed by atoms with van der Waals surface area (Å²) in [5.74, 6) is 0.134. The highest BCUT2D eigenvalue weighted by Crippen LogP contribution is 2.07. The molecule has 2 heterocycles. The first-order valence-electron chi connectivity index (χ1n) is 6.66. The number of hydrogen-bond acceptors (Lipinski definition) is 4. The minimum atomic E-state index is 0.134. The van der Waals surface area contributed by atoms with Crippen LogP contribution in [0.2, 0.25) is 0 Å². The van der Waals surface area contributed by atoms with Crippen molar-refractivity contribution in [3.8, 4) is 0 Å². The minimum absolute atomic E-state index is 0.134. The molecule has 1 aromatic rings. The van der Waals surface area contributed by atoms with Crippen LogP contribution in [0.25, 0.3) is 0 Å². The van der Waals surface area contributed by atoms with Gasteiger partial charge < -0.3 is 10.2 Å². The average molecular weight is 251 g/mol. The molecule has 0 aliphatic carbocycles. The fourth-order valence-corrected chi connectivity index (χ4v) is 2.22. The number of hydrogen-bond donors (Lipinski definition) is 1. The van der Waals surface area contributed by atoms with E-state index >= 15 is 0 Å². The van der Waals surface area contributed by atoms with Gasteiger partial charge in [-0.1, -0.05) is 0 Å². The Kier molecular flexibility index (Phi) is 5.14. The van der Waals surface area contributed by atoms with Gasteiger partial charge in [-0.2, -0.15) is 5.10 Å². The van der Waals surface area contributed by atoms with Crippen LogP contribution in [0, 0.1) is 0 Å². The quantitative estimate of drug-likeness (QED) is 0.755. The van der Waals surface area contributed by atoms with Crippen molar-refractivity contribution in [3.63, 3.8) is 0 Å². The van der Waals surface area contributed by atoms with Gasteiger partial charge in [0.05, 0.1) is 6.54 Å². The second kappa shape index (κ2) is 7.10. The molecule has 1 saturated heterocycles. The third-order valence-corrected chi connectivity index (χ3v) is 3.21. The van der Waals surface area contributed by atoms with E-state index < -0.39 is 0 Å². The summed E-state index contributed by atoms with van der Waals surface area (Å²) in [7, 11) is 0. The van der Waals surface area contributed by atoms with E-state index in [0.717, 1.165) is 13.0 Å². The summed E-state index contributed by atoms with van der Waals surface area (Å²) < 4.78 is 1.71. The van der Waals surface area contributed by atoms with Crippen molar-refractivity contribution in [1.82, 2.24) is 25.0 Å². The number of carbonyl (C=O) groups is 1. The number of amides is 1. The van der Waals surface area contributed by atoms with Gasteiger partial charge in [-0.15, -0.1) is 0 Å². The van der Waals surface area contributed by atoms with Crippen LogP contribution in [0.1, 0.15) is 25.7 Å². The fraction of sp³-hybridized carbons (Fsp3) is 0.750. The zero-order valence-electron chi connectivity index (χ0n) is 10.7. The van der Waals surface area contributed by atoms with E-state index in [2.05, 4.69) is 20.3 Å². The van der Waals surface area contributed by atoms with Gasteiger partial charge in [-0.3, -0.25) is 9.48 Å². The summed E-state index contributed by atoms with van der Waals surface area (Å²) in [5, 5.41) is 6.88. The van der Waals surface area contributed by atoms with Crippen molar-refractivity contribution in [2.24, 2.45) is 0 Å². The van der Waals surface area contributed by atoms with Crippen LogP contribution in [0.5, 0.6) is 0 Å². The Labute approximate surface area is 107 Å². The van der Waals surface area contributed by atoms with Gasteiger partial charge in [-0.05, 0) is 38.9 Å². The highest BCUT2D eigenvalue weighted by atomic mass is 16.1. The Morgan fingerprint density at radius 1 is 1.28 bits per heavy atom. The standard InChI is InChI=1S/C12H21N5O/c18-12(4-3-8-16-6-1-2-7-16)14-5-9-17-11-13-10-15-17/h10-11H,1-9H2,(H,14,18). The topological polar surface area (TPSA) is 63.1 Å². The Bertz CT molecular complexity index is 345. The van der Waals surface area contributed by atoms with E-state index in [9.17, 15) is 4.79 Å². The maximum atomic E-state index is 11.6. The molecule has 6 heteroatoms. The average Bonchev–Trinajstić information content (AvgIpc) is 3.01. The maximum Gasteiger partial charge on any atom is 0.220 e. The number of nitrogens with one attached hydrogen (secondary N) is 1. The van der Waals surface area contributed by atoms with Gasteiger partial charge in [0.25, 0.3) is 0 Å². The molecule has 1 N–H and O–H groups in total. The molecular weight excluding hydrogens is 230 g/mol. The van der Waals surface area contributed by atoms with Crippen molar-refractivity contribution in [3.05, 3.63) is 12.7 Å². The summed E-state index contributed by atoms with van der Waals surface area (Å²) in [4.78, 5) is 17.9. The highest BCUT2D eigenvalue weighted by Gasteiger charge is 2.11. The molecule has 0 unspecified atom stereocenters. The lowest BCUT2D eigenvalue weighted by Gasteiger charge is -2.13. The third kappa shape index (κ3) is 4.44. The van der Waals surface area contributed by atoms with Crippen molar-refractivity contribution in [2.75, 3.05) is 26.2 Å². The Balaban J connectivity index is 1.49. The molecule has 0 spiro atoms. The van der Waals surface area contributed by atoms with Crippen LogP contribution in [0.15, 0.2) is 12.7 Å². The normalized spacial score (nSPS) is 16.0. The van der Waals surface area contributed by atoms with Crippen molar-refractivity contribution in [2.45, 2.75) is 32.2 Å². The predicted octanol–water partition coefficient (Wildman–Crippen LogP) is 0.270. The Morgan fingerprint density at radius 2 is 2.11 bits per heavy atom. The van der Waals surface area contributed by atoms with E-state index in [4.69, 9.17) is 0 Å². The van der Waals surface area contributed by atoms with Crippen LogP contribution in [0.3, 0.4) is 0 Å². The molecule has 1 fully saturated rings. The molecule has 0 bridgehead atoms. The van der Waals surface area contributed by atoms with Crippen LogP contribution in [-0.4, -0.2) is 51.8 Å². The number of rotatable bonds is 7. The molecule has 1 aliphatic rings. The van der Waals surface area contributed by atoms with E-state index in [0.29, 0.717) is 19.5 Å². The Morgan fingerprint density at radius 3 is 2.83 bits per heavy atom. The molecule has 18 heavy (non-hydrogen) atoms. The van der Waals surface area contributed by atoms with Gasteiger partial charge >= 0.3 is 0 Å². The predicted molar refractivity (Wildman–Crippen MR) is 67.9 cm³/mol. The molecule has 0 atom stereocenters. The van der Waals surface area contributed by atoms with Crippen LogP contribution < -0.4 is 5.32 Å². The van der Waals surface area contributed by atoms with Crippen molar-refractivity contribution in [1.29, 1.82) is 0 Å². The Hall–Kier alpha value is -1.43. The van der Waals surface area contributed by atoms with Crippen LogP contribution in [-0.2, 0) is 11.3 Å². The lowest BCUT2D eigenvalue weighted by molar-refractivity contribution is -0.121. The summed E-state index contributed by atoms with van der Waals surface area (Å²) in [6.07, 6.45) is 7.34. The first-order chi connectivity index (χ1) is 8.84. The zero-order valence-corrected chi connectivity index (χ0v) is 10.7. The second-order valence-corrected chi connectivity index (χ2v) is 4.66. The van der Waals surface area contributed by atoms with Gasteiger partial charge in [0.1, 0.15) is 12.7 Å². The van der Waals surface area contributed by atoms with Crippen molar-refractivity contribution < 1.29 is 4.79 Å². The zero-order chi connectivity index (χ0) is 12.6. The molecule has 1 aliphatic heterocycles. The van der Waals surface area contributed by atoms with Gasteiger partial charge in [-0.25, -0.2) is 4.98 Å². The highest BCUT2D eigenvalue weighted by molar-refractivity contribution is 5.75. The molecule has 1 amide bonds. The lowest BCUT2D eigenvalue weighted by atomic mass is 10.3. The number of nitrogens with zero attached hydrogens (tertiary/aromatic N) is 4. The SMILES string of the molecule is O=C(CCCN1CCCC1)NCCn1cncn1. The monoisotopic (exact) mass is 251 g/mol. The maximum absolute atomic E-state index is 11.6. The van der Waals surface area contributed by atoms with E-state index in [1.54, 1.807) is 11.0 Å². The van der Waals surface area contributed by atoms with E-state index in [1.807, 2.05) is 0 Å². The van der Waals surface area contributed by atoms with Gasteiger partial charge in [0, 0.05) is 13.0 Å². The summed E-state index contributed by atoms with van der Waals surface area (Å²) in [5.41, 5.74) is 0. The van der Waals surface area contributed by atoms with Gasteiger partial charge in [0.15, 0.2) is 0 Å². The number of aromatic nitrogens is 3. The molecule has 6 nitrogen and oxygen atoms in total. The summed E-state index contributed by atoms with van der Waals surface area (Å²) in [6.45, 7) is 4.75. The van der Waals surface area contributed by atoms with Crippen LogP contribution in [0.4, 0.5) is 0 Å². The van der Waals surface area contributed by atoms with Gasteiger partial charge in [0.2, 0.25) is 5.91 Å². The molecule has 100 valence electrons. The third-order valence-electron chi connectivity index (χ3n) is 3.21.